The van der Waals surface area contributed by atoms with Crippen LogP contribution in [0.25, 0.3) is 22.2 Å². The van der Waals surface area contributed by atoms with Gasteiger partial charge in [0.25, 0.3) is 0 Å². The number of nitrogens with one attached hydrogen (secondary N) is 1. The Balaban J connectivity index is 1.65. The highest BCUT2D eigenvalue weighted by Gasteiger charge is 2.34. The van der Waals surface area contributed by atoms with Crippen molar-refractivity contribution in [2.45, 2.75) is 19.1 Å². The highest BCUT2D eigenvalue weighted by molar-refractivity contribution is 5.91. The van der Waals surface area contributed by atoms with Gasteiger partial charge in [-0.1, -0.05) is 0 Å². The van der Waals surface area contributed by atoms with Gasteiger partial charge in [-0.25, -0.2) is 24.3 Å². The Bertz CT molecular complexity index is 1180. The Morgan fingerprint density at radius 3 is 2.27 bits per heavy atom. The normalized spacial score (nSPS) is 12.7. The van der Waals surface area contributed by atoms with E-state index >= 15 is 0 Å². The molecule has 1 atom stereocenters. The molecular formula is C20H14F4N6. The van der Waals surface area contributed by atoms with E-state index in [0.717, 1.165) is 18.0 Å². The summed E-state index contributed by atoms with van der Waals surface area (Å²) < 4.78 is 51.2. The SMILES string of the molecule is C[C@@H](Nc1ncnc2cnc(-c3ccc(F)cc3)cc12)c1cnc(C(F)(F)F)nc1. The maximum absolute atomic E-state index is 13.2. The second-order valence-corrected chi connectivity index (χ2v) is 6.52. The fourth-order valence-corrected chi connectivity index (χ4v) is 2.85. The lowest BCUT2D eigenvalue weighted by Crippen LogP contribution is -2.14. The summed E-state index contributed by atoms with van der Waals surface area (Å²) in [5.41, 5.74) is 2.36. The Morgan fingerprint density at radius 1 is 0.900 bits per heavy atom. The second-order valence-electron chi connectivity index (χ2n) is 6.52. The number of aromatic nitrogens is 5. The van der Waals surface area contributed by atoms with Crippen molar-refractivity contribution >= 4 is 16.7 Å². The van der Waals surface area contributed by atoms with E-state index in [2.05, 4.69) is 30.2 Å². The van der Waals surface area contributed by atoms with Gasteiger partial charge in [-0.05, 0) is 37.3 Å². The number of hydrogen-bond donors (Lipinski definition) is 1. The minimum atomic E-state index is -4.60. The fourth-order valence-electron chi connectivity index (χ4n) is 2.85. The Morgan fingerprint density at radius 2 is 1.60 bits per heavy atom. The molecule has 0 bridgehead atoms. The number of rotatable bonds is 4. The van der Waals surface area contributed by atoms with E-state index in [4.69, 9.17) is 0 Å². The van der Waals surface area contributed by atoms with Gasteiger partial charge in [-0.15, -0.1) is 0 Å². The molecule has 0 aliphatic carbocycles. The van der Waals surface area contributed by atoms with Crippen LogP contribution in [0, 0.1) is 5.82 Å². The summed E-state index contributed by atoms with van der Waals surface area (Å²) in [6, 6.07) is 7.25. The van der Waals surface area contributed by atoms with E-state index in [1.165, 1.54) is 18.5 Å². The van der Waals surface area contributed by atoms with E-state index in [0.29, 0.717) is 28.0 Å². The highest BCUT2D eigenvalue weighted by atomic mass is 19.4. The molecule has 3 heterocycles. The minimum Gasteiger partial charge on any atom is -0.363 e. The average Bonchev–Trinajstić information content (AvgIpc) is 2.74. The molecule has 0 radical (unpaired) electrons. The van der Waals surface area contributed by atoms with Crippen LogP contribution in [0.3, 0.4) is 0 Å². The molecule has 0 saturated carbocycles. The van der Waals surface area contributed by atoms with Gasteiger partial charge < -0.3 is 5.32 Å². The van der Waals surface area contributed by atoms with E-state index < -0.39 is 18.0 Å². The molecule has 4 rings (SSSR count). The predicted octanol–water partition coefficient (Wildman–Crippen LogP) is 4.81. The van der Waals surface area contributed by atoms with Gasteiger partial charge in [-0.2, -0.15) is 13.2 Å². The summed E-state index contributed by atoms with van der Waals surface area (Å²) in [5.74, 6) is -1.07. The average molecular weight is 414 g/mol. The van der Waals surface area contributed by atoms with Crippen molar-refractivity contribution in [2.24, 2.45) is 0 Å². The monoisotopic (exact) mass is 414 g/mol. The quantitative estimate of drug-likeness (QED) is 0.483. The van der Waals surface area contributed by atoms with Gasteiger partial charge >= 0.3 is 6.18 Å². The molecular weight excluding hydrogens is 400 g/mol. The summed E-state index contributed by atoms with van der Waals surface area (Å²) >= 11 is 0. The van der Waals surface area contributed by atoms with E-state index in [-0.39, 0.29) is 5.82 Å². The van der Waals surface area contributed by atoms with Gasteiger partial charge in [0, 0.05) is 28.9 Å². The maximum Gasteiger partial charge on any atom is 0.451 e. The molecule has 0 saturated heterocycles. The fraction of sp³-hybridized carbons (Fsp3) is 0.150. The summed E-state index contributed by atoms with van der Waals surface area (Å²) in [4.78, 5) is 19.6. The van der Waals surface area contributed by atoms with E-state index in [9.17, 15) is 17.6 Å². The zero-order chi connectivity index (χ0) is 21.3. The van der Waals surface area contributed by atoms with Gasteiger partial charge in [0.15, 0.2) is 0 Å². The molecule has 0 aliphatic heterocycles. The second kappa shape index (κ2) is 7.62. The zero-order valence-corrected chi connectivity index (χ0v) is 15.5. The minimum absolute atomic E-state index is 0.349. The van der Waals surface area contributed by atoms with Gasteiger partial charge in [0.2, 0.25) is 5.82 Å². The molecule has 0 fully saturated rings. The lowest BCUT2D eigenvalue weighted by Gasteiger charge is -2.16. The number of fused-ring (bicyclic) bond motifs is 1. The third-order valence-corrected chi connectivity index (χ3v) is 4.44. The molecule has 10 heteroatoms. The molecule has 4 aromatic rings. The summed E-state index contributed by atoms with van der Waals surface area (Å²) in [6.07, 6.45) is 0.596. The summed E-state index contributed by atoms with van der Waals surface area (Å²) in [7, 11) is 0. The van der Waals surface area contributed by atoms with Crippen LogP contribution in [0.2, 0.25) is 0 Å². The van der Waals surface area contributed by atoms with Gasteiger partial charge in [0.05, 0.1) is 23.4 Å². The maximum atomic E-state index is 13.2. The molecule has 0 amide bonds. The van der Waals surface area contributed by atoms with Gasteiger partial charge in [0.1, 0.15) is 18.0 Å². The van der Waals surface area contributed by atoms with Crippen LogP contribution in [0.5, 0.6) is 0 Å². The summed E-state index contributed by atoms with van der Waals surface area (Å²) in [6.45, 7) is 1.75. The number of alkyl halides is 3. The zero-order valence-electron chi connectivity index (χ0n) is 15.5. The number of hydrogen-bond acceptors (Lipinski definition) is 6. The Labute approximate surface area is 168 Å². The first-order chi connectivity index (χ1) is 14.3. The van der Waals surface area contributed by atoms with Crippen LogP contribution >= 0.6 is 0 Å². The lowest BCUT2D eigenvalue weighted by atomic mass is 10.1. The molecule has 1 aromatic carbocycles. The van der Waals surface area contributed by atoms with Crippen molar-refractivity contribution in [1.82, 2.24) is 24.9 Å². The topological polar surface area (TPSA) is 76.5 Å². The van der Waals surface area contributed by atoms with Crippen molar-refractivity contribution in [3.8, 4) is 11.3 Å². The Hall–Kier alpha value is -3.69. The van der Waals surface area contributed by atoms with E-state index in [1.807, 2.05) is 0 Å². The number of nitrogens with zero attached hydrogens (tertiary/aromatic N) is 5. The van der Waals surface area contributed by atoms with Crippen molar-refractivity contribution in [3.63, 3.8) is 0 Å². The van der Waals surface area contributed by atoms with Crippen LogP contribution in [-0.2, 0) is 6.18 Å². The highest BCUT2D eigenvalue weighted by Crippen LogP contribution is 2.29. The molecule has 0 unspecified atom stereocenters. The molecule has 0 aliphatic rings. The standard InChI is InChI=1S/C20H14F4N6/c1-11(13-7-26-19(27-8-13)20(22,23)24)30-18-15-6-16(12-2-4-14(21)5-3-12)25-9-17(15)28-10-29-18/h2-11H,1H3,(H,28,29,30)/t11-/m1/s1. The number of anilines is 1. The molecule has 30 heavy (non-hydrogen) atoms. The third kappa shape index (κ3) is 4.02. The lowest BCUT2D eigenvalue weighted by molar-refractivity contribution is -0.145. The van der Waals surface area contributed by atoms with E-state index in [1.54, 1.807) is 31.3 Å². The smallest absolute Gasteiger partial charge is 0.363 e. The number of benzene rings is 1. The molecule has 6 nitrogen and oxygen atoms in total. The third-order valence-electron chi connectivity index (χ3n) is 4.44. The van der Waals surface area contributed by atoms with Crippen molar-refractivity contribution in [2.75, 3.05) is 5.32 Å². The number of halogens is 4. The van der Waals surface area contributed by atoms with Crippen LogP contribution in [0.4, 0.5) is 23.4 Å². The first-order valence-corrected chi connectivity index (χ1v) is 8.83. The predicted molar refractivity (Wildman–Crippen MR) is 102 cm³/mol. The van der Waals surface area contributed by atoms with Crippen molar-refractivity contribution in [3.05, 3.63) is 72.5 Å². The van der Waals surface area contributed by atoms with Crippen LogP contribution in [0.1, 0.15) is 24.4 Å². The number of pyridine rings is 1. The summed E-state index contributed by atoms with van der Waals surface area (Å²) in [5, 5.41) is 3.81. The molecule has 1 N–H and O–H groups in total. The van der Waals surface area contributed by atoms with Crippen LogP contribution in [-0.4, -0.2) is 24.9 Å². The first-order valence-electron chi connectivity index (χ1n) is 8.83. The molecule has 3 aromatic heterocycles. The van der Waals surface area contributed by atoms with Gasteiger partial charge in [-0.3, -0.25) is 4.98 Å². The largest absolute Gasteiger partial charge is 0.451 e. The molecule has 152 valence electrons. The van der Waals surface area contributed by atoms with Crippen molar-refractivity contribution < 1.29 is 17.6 Å². The van der Waals surface area contributed by atoms with Crippen LogP contribution < -0.4 is 5.32 Å². The molecule has 0 spiro atoms. The first kappa shape index (κ1) is 19.6. The van der Waals surface area contributed by atoms with Crippen LogP contribution in [0.15, 0.2) is 55.2 Å². The Kier molecular flexibility index (Phi) is 4.98. The van der Waals surface area contributed by atoms with Crippen molar-refractivity contribution in [1.29, 1.82) is 0 Å².